The first kappa shape index (κ1) is 25.5. The van der Waals surface area contributed by atoms with Crippen LogP contribution in [0.5, 0.6) is 0 Å². The molecule has 0 radical (unpaired) electrons. The molecular formula is C20H33ClIN3O2S. The second-order valence-corrected chi connectivity index (χ2v) is 10.4. The van der Waals surface area contributed by atoms with Gasteiger partial charge in [-0.25, -0.2) is 8.42 Å². The van der Waals surface area contributed by atoms with Crippen molar-refractivity contribution >= 4 is 51.4 Å². The zero-order valence-corrected chi connectivity index (χ0v) is 20.9. The lowest BCUT2D eigenvalue weighted by atomic mass is 9.79. The molecule has 8 heteroatoms. The highest BCUT2D eigenvalue weighted by Gasteiger charge is 2.35. The summed E-state index contributed by atoms with van der Waals surface area (Å²) in [5.41, 5.74) is 1.29. The van der Waals surface area contributed by atoms with Crippen LogP contribution in [0.3, 0.4) is 0 Å². The number of hydrogen-bond donors (Lipinski definition) is 2. The molecule has 2 rings (SSSR count). The molecule has 1 fully saturated rings. The molecular weight excluding hydrogens is 509 g/mol. The van der Waals surface area contributed by atoms with Crippen LogP contribution in [0.4, 0.5) is 0 Å². The second-order valence-electron chi connectivity index (χ2n) is 7.66. The van der Waals surface area contributed by atoms with Crippen molar-refractivity contribution in [1.82, 2.24) is 10.6 Å². The Morgan fingerprint density at radius 1 is 1.32 bits per heavy atom. The number of nitrogens with zero attached hydrogens (tertiary/aromatic N) is 1. The molecule has 0 heterocycles. The molecule has 1 aliphatic carbocycles. The van der Waals surface area contributed by atoms with Crippen molar-refractivity contribution in [3.8, 4) is 0 Å². The zero-order valence-electron chi connectivity index (χ0n) is 17.0. The molecule has 1 atom stereocenters. The molecule has 0 aliphatic heterocycles. The van der Waals surface area contributed by atoms with E-state index in [1.165, 1.54) is 24.7 Å². The number of rotatable bonds is 8. The third-order valence-electron chi connectivity index (χ3n) is 5.19. The third kappa shape index (κ3) is 8.06. The van der Waals surface area contributed by atoms with Gasteiger partial charge in [0.2, 0.25) is 0 Å². The molecule has 1 aromatic rings. The third-order valence-corrected chi connectivity index (χ3v) is 6.40. The fraction of sp³-hybridized carbons (Fsp3) is 0.650. The predicted molar refractivity (Wildman–Crippen MR) is 130 cm³/mol. The van der Waals surface area contributed by atoms with Gasteiger partial charge in [0.15, 0.2) is 5.96 Å². The van der Waals surface area contributed by atoms with Crippen molar-refractivity contribution in [3.05, 3.63) is 34.9 Å². The highest BCUT2D eigenvalue weighted by Crippen LogP contribution is 2.42. The van der Waals surface area contributed by atoms with E-state index in [0.29, 0.717) is 13.0 Å². The first-order chi connectivity index (χ1) is 12.7. The van der Waals surface area contributed by atoms with Crippen molar-refractivity contribution < 1.29 is 8.42 Å². The van der Waals surface area contributed by atoms with Crippen molar-refractivity contribution in [1.29, 1.82) is 0 Å². The summed E-state index contributed by atoms with van der Waals surface area (Å²) in [6, 6.07) is 8.17. The standard InChI is InChI=1S/C20H32ClN3O2S.HI/c1-4-22-19(24-16(2)10-13-27(3,25)26)23-15-20(11-5-6-12-20)17-8-7-9-18(21)14-17;/h7-9,14,16H,4-6,10-13,15H2,1-3H3,(H2,22,23,24);1H. The summed E-state index contributed by atoms with van der Waals surface area (Å²) in [5, 5.41) is 7.39. The summed E-state index contributed by atoms with van der Waals surface area (Å²) in [6.45, 7) is 5.47. The summed E-state index contributed by atoms with van der Waals surface area (Å²) in [4.78, 5) is 4.86. The largest absolute Gasteiger partial charge is 0.357 e. The maximum Gasteiger partial charge on any atom is 0.191 e. The van der Waals surface area contributed by atoms with E-state index in [2.05, 4.69) is 22.8 Å². The zero-order chi connectivity index (χ0) is 19.9. The van der Waals surface area contributed by atoms with E-state index in [0.717, 1.165) is 30.4 Å². The summed E-state index contributed by atoms with van der Waals surface area (Å²) < 4.78 is 22.8. The van der Waals surface area contributed by atoms with Gasteiger partial charge in [-0.15, -0.1) is 24.0 Å². The Balaban J connectivity index is 0.00000392. The van der Waals surface area contributed by atoms with Crippen LogP contribution in [-0.4, -0.2) is 45.5 Å². The average Bonchev–Trinajstić information content (AvgIpc) is 3.08. The molecule has 0 saturated heterocycles. The monoisotopic (exact) mass is 541 g/mol. The van der Waals surface area contributed by atoms with E-state index in [1.54, 1.807) is 0 Å². The van der Waals surface area contributed by atoms with Crippen LogP contribution >= 0.6 is 35.6 Å². The lowest BCUT2D eigenvalue weighted by molar-refractivity contribution is 0.452. The highest BCUT2D eigenvalue weighted by atomic mass is 127. The van der Waals surface area contributed by atoms with Gasteiger partial charge < -0.3 is 10.6 Å². The highest BCUT2D eigenvalue weighted by molar-refractivity contribution is 14.0. The second kappa shape index (κ2) is 11.6. The predicted octanol–water partition coefficient (Wildman–Crippen LogP) is 4.15. The Labute approximate surface area is 192 Å². The molecule has 5 nitrogen and oxygen atoms in total. The summed E-state index contributed by atoms with van der Waals surface area (Å²) >= 11 is 6.23. The van der Waals surface area contributed by atoms with Gasteiger partial charge in [0.05, 0.1) is 12.3 Å². The first-order valence-electron chi connectivity index (χ1n) is 9.73. The maximum absolute atomic E-state index is 11.4. The van der Waals surface area contributed by atoms with E-state index in [1.807, 2.05) is 26.0 Å². The van der Waals surface area contributed by atoms with Crippen LogP contribution in [0.15, 0.2) is 29.3 Å². The molecule has 0 aromatic heterocycles. The smallest absolute Gasteiger partial charge is 0.191 e. The van der Waals surface area contributed by atoms with Crippen LogP contribution in [0, 0.1) is 0 Å². The molecule has 0 bridgehead atoms. The summed E-state index contributed by atoms with van der Waals surface area (Å²) in [6.07, 6.45) is 6.46. The summed E-state index contributed by atoms with van der Waals surface area (Å²) in [5.74, 6) is 0.916. The first-order valence-corrected chi connectivity index (χ1v) is 12.2. The topological polar surface area (TPSA) is 70.6 Å². The van der Waals surface area contributed by atoms with E-state index in [9.17, 15) is 8.42 Å². The van der Waals surface area contributed by atoms with Crippen LogP contribution in [0.2, 0.25) is 5.02 Å². The van der Waals surface area contributed by atoms with Crippen LogP contribution in [-0.2, 0) is 15.3 Å². The van der Waals surface area contributed by atoms with Gasteiger partial charge >= 0.3 is 0 Å². The number of aliphatic imine (C=N–C) groups is 1. The van der Waals surface area contributed by atoms with E-state index in [4.69, 9.17) is 16.6 Å². The van der Waals surface area contributed by atoms with Crippen molar-refractivity contribution in [2.75, 3.05) is 25.1 Å². The fourth-order valence-electron chi connectivity index (χ4n) is 3.66. The maximum atomic E-state index is 11.4. The summed E-state index contributed by atoms with van der Waals surface area (Å²) in [7, 11) is -2.96. The van der Waals surface area contributed by atoms with Gasteiger partial charge in [0.25, 0.3) is 0 Å². The van der Waals surface area contributed by atoms with Crippen LogP contribution < -0.4 is 10.6 Å². The molecule has 28 heavy (non-hydrogen) atoms. The minimum Gasteiger partial charge on any atom is -0.357 e. The molecule has 0 spiro atoms. The molecule has 160 valence electrons. The molecule has 1 saturated carbocycles. The van der Waals surface area contributed by atoms with Gasteiger partial charge in [-0.1, -0.05) is 36.6 Å². The van der Waals surface area contributed by atoms with E-state index >= 15 is 0 Å². The van der Waals surface area contributed by atoms with Gasteiger partial charge in [0, 0.05) is 29.3 Å². The Morgan fingerprint density at radius 2 is 2.00 bits per heavy atom. The van der Waals surface area contributed by atoms with Crippen molar-refractivity contribution in [2.45, 2.75) is 57.4 Å². The Kier molecular flexibility index (Phi) is 10.6. The van der Waals surface area contributed by atoms with Crippen LogP contribution in [0.1, 0.15) is 51.5 Å². The number of halogens is 2. The average molecular weight is 542 g/mol. The number of nitrogens with one attached hydrogen (secondary N) is 2. The van der Waals surface area contributed by atoms with Gasteiger partial charge in [0.1, 0.15) is 9.84 Å². The number of guanidine groups is 1. The van der Waals surface area contributed by atoms with E-state index < -0.39 is 9.84 Å². The Morgan fingerprint density at radius 3 is 2.57 bits per heavy atom. The number of hydrogen-bond acceptors (Lipinski definition) is 3. The molecule has 0 amide bonds. The lowest BCUT2D eigenvalue weighted by Crippen LogP contribution is -2.43. The fourth-order valence-corrected chi connectivity index (χ4v) is 4.63. The molecule has 2 N–H and O–H groups in total. The van der Waals surface area contributed by atoms with Gasteiger partial charge in [-0.05, 0) is 50.8 Å². The Hall–Kier alpha value is -0.540. The SMILES string of the molecule is CCNC(=NCC1(c2cccc(Cl)c2)CCCC1)NC(C)CCS(C)(=O)=O.I. The minimum atomic E-state index is -2.96. The van der Waals surface area contributed by atoms with Crippen molar-refractivity contribution in [2.24, 2.45) is 4.99 Å². The minimum absolute atomic E-state index is 0. The molecule has 1 unspecified atom stereocenters. The normalized spacial score (nSPS) is 17.6. The lowest BCUT2D eigenvalue weighted by Gasteiger charge is -2.29. The Bertz CT molecular complexity index is 750. The molecule has 1 aliphatic rings. The van der Waals surface area contributed by atoms with E-state index in [-0.39, 0.29) is 41.2 Å². The quantitative estimate of drug-likeness (QED) is 0.295. The van der Waals surface area contributed by atoms with Crippen molar-refractivity contribution in [3.63, 3.8) is 0 Å². The van der Waals surface area contributed by atoms with Gasteiger partial charge in [-0.2, -0.15) is 0 Å². The van der Waals surface area contributed by atoms with Crippen LogP contribution in [0.25, 0.3) is 0 Å². The van der Waals surface area contributed by atoms with Gasteiger partial charge in [-0.3, -0.25) is 4.99 Å². The molecule has 1 aromatic carbocycles. The number of sulfone groups is 1. The number of benzene rings is 1.